The Balaban J connectivity index is 1.90. The van der Waals surface area contributed by atoms with Gasteiger partial charge in [-0.05, 0) is 0 Å². The second kappa shape index (κ2) is 1.71. The van der Waals surface area contributed by atoms with E-state index in [1.807, 2.05) is 0 Å². The van der Waals surface area contributed by atoms with E-state index in [4.69, 9.17) is 0 Å². The van der Waals surface area contributed by atoms with E-state index in [1.54, 1.807) is 0 Å². The Bertz CT molecular complexity index is 101. The largest absolute Gasteiger partial charge is 0.294 e. The van der Waals surface area contributed by atoms with E-state index in [9.17, 15) is 0 Å². The summed E-state index contributed by atoms with van der Waals surface area (Å²) in [5.74, 6) is 0. The van der Waals surface area contributed by atoms with Gasteiger partial charge >= 0.3 is 0 Å². The highest BCUT2D eigenvalue weighted by Gasteiger charge is 2.38. The molecule has 4 rings (SSSR count). The zero-order valence-electron chi connectivity index (χ0n) is 5.88. The van der Waals surface area contributed by atoms with E-state index in [2.05, 4.69) is 20.7 Å². The Morgan fingerprint density at radius 1 is 1.20 bits per heavy atom. The summed E-state index contributed by atoms with van der Waals surface area (Å²) in [6.45, 7) is 4.71. The lowest BCUT2D eigenvalue weighted by Gasteiger charge is -2.54. The molecule has 4 saturated heterocycles. The molecule has 56 valence electrons. The van der Waals surface area contributed by atoms with Crippen LogP contribution >= 0.6 is 0 Å². The fourth-order valence-electron chi connectivity index (χ4n) is 2.22. The molecule has 0 aliphatic carbocycles. The molecule has 4 aliphatic heterocycles. The fraction of sp³-hybridized carbons (Fsp3) is 1.00. The Kier molecular flexibility index (Phi) is 0.936. The van der Waals surface area contributed by atoms with Crippen molar-refractivity contribution in [1.82, 2.24) is 20.7 Å². The molecule has 0 amide bonds. The lowest BCUT2D eigenvalue weighted by molar-refractivity contribution is -0.0893. The average molecular weight is 140 g/mol. The molecular formula is C6H12N4. The highest BCUT2D eigenvalue weighted by atomic mass is 15.7. The Morgan fingerprint density at radius 2 is 2.20 bits per heavy atom. The minimum atomic E-state index is 0.529. The van der Waals surface area contributed by atoms with Crippen LogP contribution in [0.3, 0.4) is 0 Å². The van der Waals surface area contributed by atoms with Crippen molar-refractivity contribution in [1.29, 1.82) is 0 Å². The topological polar surface area (TPSA) is 30.5 Å². The number of nitrogens with one attached hydrogen (secondary N) is 2. The van der Waals surface area contributed by atoms with Crippen molar-refractivity contribution in [3.8, 4) is 0 Å². The number of nitrogens with zero attached hydrogens (tertiary/aromatic N) is 2. The highest BCUT2D eigenvalue weighted by molar-refractivity contribution is 4.93. The van der Waals surface area contributed by atoms with Crippen molar-refractivity contribution in [2.24, 2.45) is 0 Å². The molecular weight excluding hydrogens is 128 g/mol. The first-order chi connectivity index (χ1) is 4.90. The van der Waals surface area contributed by atoms with Crippen molar-refractivity contribution in [2.75, 3.05) is 26.3 Å². The lowest BCUT2D eigenvalue weighted by atomic mass is 10.1. The SMILES string of the molecule is C1C2CN3CN1CC(N2)N3. The molecule has 10 heavy (non-hydrogen) atoms. The molecule has 0 aromatic rings. The number of hydrogen-bond donors (Lipinski definition) is 2. The van der Waals surface area contributed by atoms with E-state index in [1.165, 1.54) is 19.6 Å². The van der Waals surface area contributed by atoms with Gasteiger partial charge in [0.15, 0.2) is 0 Å². The molecule has 0 saturated carbocycles. The summed E-state index contributed by atoms with van der Waals surface area (Å²) < 4.78 is 0. The van der Waals surface area contributed by atoms with Crippen LogP contribution in [0.2, 0.25) is 0 Å². The predicted molar refractivity (Wildman–Crippen MR) is 37.0 cm³/mol. The van der Waals surface area contributed by atoms with E-state index in [0.717, 1.165) is 6.67 Å². The summed E-state index contributed by atoms with van der Waals surface area (Å²) in [6.07, 6.45) is 0.529. The van der Waals surface area contributed by atoms with Crippen molar-refractivity contribution >= 4 is 0 Å². The number of piperazine rings is 1. The van der Waals surface area contributed by atoms with E-state index in [-0.39, 0.29) is 0 Å². The molecule has 0 aromatic carbocycles. The third kappa shape index (κ3) is 0.645. The molecule has 4 fully saturated rings. The monoisotopic (exact) mass is 140 g/mol. The third-order valence-corrected chi connectivity index (χ3v) is 2.51. The van der Waals surface area contributed by atoms with Gasteiger partial charge in [-0.2, -0.15) is 0 Å². The first kappa shape index (κ1) is 5.49. The summed E-state index contributed by atoms with van der Waals surface area (Å²) in [5, 5.41) is 5.82. The molecule has 4 aliphatic rings. The van der Waals surface area contributed by atoms with Crippen molar-refractivity contribution < 1.29 is 0 Å². The van der Waals surface area contributed by atoms with Crippen molar-refractivity contribution in [2.45, 2.75) is 12.2 Å². The third-order valence-electron chi connectivity index (χ3n) is 2.51. The molecule has 4 heterocycles. The standard InChI is InChI=1S/C6H12N4/c1-5-2-10-4-9(1)3-6(7-5)8-10/h5-8H,1-4H2. The van der Waals surface area contributed by atoms with Gasteiger partial charge in [-0.3, -0.25) is 10.2 Å². The normalized spacial score (nSPS) is 57.6. The Labute approximate surface area is 60.1 Å². The van der Waals surface area contributed by atoms with Crippen LogP contribution < -0.4 is 10.7 Å². The minimum Gasteiger partial charge on any atom is -0.294 e. The van der Waals surface area contributed by atoms with Gasteiger partial charge in [-0.1, -0.05) is 0 Å². The van der Waals surface area contributed by atoms with Crippen molar-refractivity contribution in [3.63, 3.8) is 0 Å². The Hall–Kier alpha value is -0.160. The summed E-state index contributed by atoms with van der Waals surface area (Å²) in [7, 11) is 0. The van der Waals surface area contributed by atoms with Gasteiger partial charge in [0.1, 0.15) is 0 Å². The molecule has 0 spiro atoms. The first-order valence-electron chi connectivity index (χ1n) is 3.90. The second-order valence-electron chi connectivity index (χ2n) is 3.45. The Morgan fingerprint density at radius 3 is 2.90 bits per heavy atom. The minimum absolute atomic E-state index is 0.529. The molecule has 0 aromatic heterocycles. The fourth-order valence-corrected chi connectivity index (χ4v) is 2.22. The van der Waals surface area contributed by atoms with Gasteiger partial charge in [0.05, 0.1) is 12.8 Å². The zero-order valence-corrected chi connectivity index (χ0v) is 5.88. The summed E-state index contributed by atoms with van der Waals surface area (Å²) >= 11 is 0. The van der Waals surface area contributed by atoms with Crippen LogP contribution in [0.5, 0.6) is 0 Å². The zero-order chi connectivity index (χ0) is 6.55. The van der Waals surface area contributed by atoms with Crippen LogP contribution in [0, 0.1) is 0 Å². The molecule has 4 heteroatoms. The van der Waals surface area contributed by atoms with Gasteiger partial charge in [-0.25, -0.2) is 10.4 Å². The quantitative estimate of drug-likeness (QED) is 0.423. The van der Waals surface area contributed by atoms with Gasteiger partial charge in [-0.15, -0.1) is 0 Å². The number of hydrazine groups is 1. The van der Waals surface area contributed by atoms with Crippen LogP contribution in [0.15, 0.2) is 0 Å². The van der Waals surface area contributed by atoms with Crippen LogP contribution in [0.1, 0.15) is 0 Å². The van der Waals surface area contributed by atoms with Gasteiger partial charge in [0.25, 0.3) is 0 Å². The maximum atomic E-state index is 3.52. The predicted octanol–water partition coefficient (Wildman–Crippen LogP) is -1.62. The number of hydrogen-bond acceptors (Lipinski definition) is 4. The van der Waals surface area contributed by atoms with Crippen LogP contribution in [-0.4, -0.2) is 48.4 Å². The van der Waals surface area contributed by atoms with E-state index < -0.39 is 0 Å². The second-order valence-corrected chi connectivity index (χ2v) is 3.45. The van der Waals surface area contributed by atoms with Crippen LogP contribution in [-0.2, 0) is 0 Å². The summed E-state index contributed by atoms with van der Waals surface area (Å²) in [5.41, 5.74) is 3.39. The molecule has 0 radical (unpaired) electrons. The summed E-state index contributed by atoms with van der Waals surface area (Å²) in [6, 6.07) is 0.716. The number of rotatable bonds is 0. The van der Waals surface area contributed by atoms with Gasteiger partial charge in [0.2, 0.25) is 0 Å². The van der Waals surface area contributed by atoms with E-state index in [0.29, 0.717) is 12.2 Å². The van der Waals surface area contributed by atoms with Crippen LogP contribution in [0.4, 0.5) is 0 Å². The maximum Gasteiger partial charge on any atom is 0.0839 e. The van der Waals surface area contributed by atoms with Gasteiger partial charge < -0.3 is 0 Å². The van der Waals surface area contributed by atoms with Crippen LogP contribution in [0.25, 0.3) is 0 Å². The van der Waals surface area contributed by atoms with Gasteiger partial charge in [0, 0.05) is 25.7 Å². The van der Waals surface area contributed by atoms with E-state index >= 15 is 0 Å². The molecule has 4 atom stereocenters. The molecule has 2 N–H and O–H groups in total. The first-order valence-corrected chi connectivity index (χ1v) is 3.90. The summed E-state index contributed by atoms with van der Waals surface area (Å²) in [4.78, 5) is 2.49. The molecule has 4 bridgehead atoms. The highest BCUT2D eigenvalue weighted by Crippen LogP contribution is 2.15. The lowest BCUT2D eigenvalue weighted by Crippen LogP contribution is -2.78. The maximum absolute atomic E-state index is 3.52. The smallest absolute Gasteiger partial charge is 0.0839 e. The molecule has 4 unspecified atom stereocenters. The molecule has 4 nitrogen and oxygen atoms in total. The van der Waals surface area contributed by atoms with Crippen molar-refractivity contribution in [3.05, 3.63) is 0 Å². The average Bonchev–Trinajstić information content (AvgIpc) is 1.82.